The molecule has 5 nitrogen and oxygen atoms in total. The molecule has 0 saturated heterocycles. The van der Waals surface area contributed by atoms with Gasteiger partial charge in [-0.2, -0.15) is 0 Å². The second-order valence-corrected chi connectivity index (χ2v) is 26.5. The fraction of sp³-hybridized carbons (Fsp3) is 0.658. The Kier molecular flexibility index (Phi) is 12.0. The van der Waals surface area contributed by atoms with Crippen LogP contribution in [0.3, 0.4) is 0 Å². The van der Waals surface area contributed by atoms with Crippen LogP contribution in [0.4, 0.5) is 0 Å². The largest absolute Gasteiger partial charge is 0.543 e. The summed E-state index contributed by atoms with van der Waals surface area (Å²) in [6, 6.07) is 6.11. The molecule has 1 aliphatic carbocycles. The smallest absolute Gasteiger partial charge is 0.258 e. The molecule has 0 aromatic heterocycles. The van der Waals surface area contributed by atoms with Crippen molar-refractivity contribution in [3.8, 4) is 11.5 Å². The maximum atomic E-state index is 13.8. The lowest BCUT2D eigenvalue weighted by molar-refractivity contribution is -0.126. The van der Waals surface area contributed by atoms with E-state index in [4.69, 9.17) is 13.6 Å². The highest BCUT2D eigenvalue weighted by Gasteiger charge is 2.52. The van der Waals surface area contributed by atoms with Crippen molar-refractivity contribution in [2.24, 2.45) is 0 Å². The number of Topliss-reactive ketones (excluding diaryl/α,β-unsaturated/α-hetero) is 1. The molecule has 0 fully saturated rings. The Morgan fingerprint density at radius 1 is 0.911 bits per heavy atom. The third kappa shape index (κ3) is 7.47. The van der Waals surface area contributed by atoms with Gasteiger partial charge in [-0.05, 0) is 77.8 Å². The van der Waals surface area contributed by atoms with Crippen molar-refractivity contribution in [3.05, 3.63) is 52.6 Å². The van der Waals surface area contributed by atoms with Crippen molar-refractivity contribution in [1.29, 1.82) is 0 Å². The Hall–Kier alpha value is -1.94. The van der Waals surface area contributed by atoms with Crippen LogP contribution >= 0.6 is 0 Å². The number of benzene rings is 1. The Labute approximate surface area is 276 Å². The van der Waals surface area contributed by atoms with Crippen LogP contribution in [0.25, 0.3) is 6.08 Å². The van der Waals surface area contributed by atoms with Gasteiger partial charge in [-0.1, -0.05) is 94.7 Å². The zero-order valence-corrected chi connectivity index (χ0v) is 32.7. The minimum absolute atomic E-state index is 0.0232. The Bertz CT molecular complexity index is 1260. The van der Waals surface area contributed by atoms with E-state index in [0.29, 0.717) is 45.2 Å². The lowest BCUT2D eigenvalue weighted by Gasteiger charge is -2.48. The summed E-state index contributed by atoms with van der Waals surface area (Å²) in [5.74, 6) is 1.57. The second-order valence-electron chi connectivity index (χ2n) is 15.7. The average Bonchev–Trinajstić information content (AvgIpc) is 2.93. The van der Waals surface area contributed by atoms with Crippen molar-refractivity contribution in [1.82, 2.24) is 0 Å². The summed E-state index contributed by atoms with van der Waals surface area (Å²) >= 11 is 0. The highest BCUT2D eigenvalue weighted by molar-refractivity contribution is 6.78. The first-order valence-electron chi connectivity index (χ1n) is 17.3. The fourth-order valence-electron chi connectivity index (χ4n) is 8.42. The van der Waals surface area contributed by atoms with Crippen LogP contribution in [0.2, 0.25) is 33.2 Å². The van der Waals surface area contributed by atoms with E-state index in [1.807, 2.05) is 44.2 Å². The highest BCUT2D eigenvalue weighted by atomic mass is 28.4. The number of allylic oxidation sites excluding steroid dienone is 1. The lowest BCUT2D eigenvalue weighted by Crippen LogP contribution is -2.57. The van der Waals surface area contributed by atoms with Gasteiger partial charge in [0.25, 0.3) is 8.32 Å². The molecule has 7 heteroatoms. The van der Waals surface area contributed by atoms with Crippen molar-refractivity contribution in [2.45, 2.75) is 155 Å². The second kappa shape index (κ2) is 14.4. The summed E-state index contributed by atoms with van der Waals surface area (Å²) in [7, 11) is -4.47. The number of rotatable bonds is 13. The number of fused-ring (bicyclic) bond motifs is 1. The first-order chi connectivity index (χ1) is 20.8. The third-order valence-corrected chi connectivity index (χ3v) is 22.6. The van der Waals surface area contributed by atoms with E-state index in [-0.39, 0.29) is 18.8 Å². The van der Waals surface area contributed by atoms with Crippen molar-refractivity contribution in [2.75, 3.05) is 6.61 Å². The number of ether oxygens (including phenoxy) is 1. The van der Waals surface area contributed by atoms with E-state index in [9.17, 15) is 9.90 Å². The van der Waals surface area contributed by atoms with Crippen LogP contribution in [-0.4, -0.2) is 45.8 Å². The summed E-state index contributed by atoms with van der Waals surface area (Å²) in [6.45, 7) is 31.6. The number of carbonyl (C=O) groups excluding carboxylic acids is 1. The molecule has 45 heavy (non-hydrogen) atoms. The molecule has 1 heterocycles. The molecular formula is C38H62O5Si2. The predicted molar refractivity (Wildman–Crippen MR) is 194 cm³/mol. The van der Waals surface area contributed by atoms with Gasteiger partial charge in [-0.25, -0.2) is 0 Å². The number of ketones is 1. The minimum Gasteiger partial charge on any atom is -0.543 e. The van der Waals surface area contributed by atoms with Gasteiger partial charge in [-0.3, -0.25) is 4.79 Å². The average molecular weight is 655 g/mol. The van der Waals surface area contributed by atoms with Gasteiger partial charge >= 0.3 is 0 Å². The first-order valence-corrected chi connectivity index (χ1v) is 21.5. The van der Waals surface area contributed by atoms with E-state index < -0.39 is 28.3 Å². The molecule has 1 aromatic rings. The predicted octanol–water partition coefficient (Wildman–Crippen LogP) is 10.6. The molecule has 1 aliphatic heterocycles. The fourth-order valence-corrected chi connectivity index (χ4v) is 19.2. The van der Waals surface area contributed by atoms with Crippen LogP contribution in [-0.2, 0) is 9.22 Å². The molecule has 0 amide bonds. The number of aliphatic hydroxyl groups is 1. The molecule has 3 rings (SSSR count). The summed E-state index contributed by atoms with van der Waals surface area (Å²) in [5.41, 5.74) is 4.66. The van der Waals surface area contributed by atoms with Crippen LogP contribution in [0, 0.1) is 0 Å². The van der Waals surface area contributed by atoms with E-state index in [2.05, 4.69) is 89.2 Å². The van der Waals surface area contributed by atoms with Gasteiger partial charge in [0.1, 0.15) is 23.7 Å². The monoisotopic (exact) mass is 654 g/mol. The van der Waals surface area contributed by atoms with Crippen molar-refractivity contribution >= 4 is 28.5 Å². The molecule has 0 radical (unpaired) electrons. The van der Waals surface area contributed by atoms with Crippen molar-refractivity contribution in [3.63, 3.8) is 0 Å². The van der Waals surface area contributed by atoms with Crippen LogP contribution < -0.4 is 9.16 Å². The van der Waals surface area contributed by atoms with Crippen LogP contribution in [0.15, 0.2) is 47.1 Å². The third-order valence-electron chi connectivity index (χ3n) is 10.6. The quantitative estimate of drug-likeness (QED) is 0.169. The van der Waals surface area contributed by atoms with Gasteiger partial charge in [-0.15, -0.1) is 0 Å². The summed E-state index contributed by atoms with van der Waals surface area (Å²) in [5, 5.41) is 12.1. The zero-order valence-electron chi connectivity index (χ0n) is 30.7. The van der Waals surface area contributed by atoms with E-state index >= 15 is 0 Å². The molecule has 2 aliphatic rings. The molecule has 252 valence electrons. The molecule has 0 spiro atoms. The topological polar surface area (TPSA) is 65.0 Å². The van der Waals surface area contributed by atoms with Gasteiger partial charge in [0.15, 0.2) is 5.78 Å². The number of hydrogen-bond acceptors (Lipinski definition) is 5. The SMILES string of the molecule is CC(C)=CC[C@@]1(O)CC(=O)C(C2=Cc3ccc(O[Si](C(C)C)(C(C)C)C(C)C)cc3OC2)=C[C@H]1O[Si](C(C)C)(C(C)C)C(C)C. The Morgan fingerprint density at radius 2 is 1.44 bits per heavy atom. The maximum Gasteiger partial charge on any atom is 0.258 e. The highest BCUT2D eigenvalue weighted by Crippen LogP contribution is 2.47. The molecular weight excluding hydrogens is 593 g/mol. The zero-order chi connectivity index (χ0) is 34.1. The lowest BCUT2D eigenvalue weighted by atomic mass is 9.77. The van der Waals surface area contributed by atoms with Gasteiger partial charge in [0.2, 0.25) is 8.32 Å². The number of carbonyl (C=O) groups is 1. The first kappa shape index (κ1) is 37.5. The molecule has 0 saturated carbocycles. The van der Waals surface area contributed by atoms with E-state index in [0.717, 1.165) is 28.2 Å². The standard InChI is InChI=1S/C38H62O5Si2/c1-24(2)17-18-38(40)22-35(39)34(21-37(38)43-45(28(9)10,29(11)12)30(13)14)32-19-31-15-16-33(20-36(31)41-23-32)42-44(25(3)4,26(5)6)27(7)8/h15-17,19-21,25-30,37,40H,18,22-23H2,1-14H3/t37-,38-/m1/s1. The molecule has 0 bridgehead atoms. The van der Waals surface area contributed by atoms with Gasteiger partial charge in [0.05, 0.1) is 6.10 Å². The summed E-state index contributed by atoms with van der Waals surface area (Å²) in [6.07, 6.45) is 5.84. The summed E-state index contributed by atoms with van der Waals surface area (Å²) in [4.78, 5) is 13.8. The summed E-state index contributed by atoms with van der Waals surface area (Å²) < 4.78 is 20.5. The minimum atomic E-state index is -2.37. The maximum absolute atomic E-state index is 13.8. The molecule has 2 atom stereocenters. The van der Waals surface area contributed by atoms with E-state index in [1.165, 1.54) is 0 Å². The Morgan fingerprint density at radius 3 is 1.93 bits per heavy atom. The molecule has 0 unspecified atom stereocenters. The molecule has 1 N–H and O–H groups in total. The van der Waals surface area contributed by atoms with E-state index in [1.54, 1.807) is 0 Å². The van der Waals surface area contributed by atoms with Crippen molar-refractivity contribution < 1.29 is 23.5 Å². The Balaban J connectivity index is 2.06. The normalized spacial score (nSPS) is 21.0. The molecule has 1 aromatic carbocycles. The van der Waals surface area contributed by atoms with Crippen LogP contribution in [0.1, 0.15) is 115 Å². The van der Waals surface area contributed by atoms with Gasteiger partial charge < -0.3 is 18.7 Å². The van der Waals surface area contributed by atoms with Crippen LogP contribution in [0.5, 0.6) is 11.5 Å². The van der Waals surface area contributed by atoms with Gasteiger partial charge in [0, 0.05) is 29.2 Å². The number of hydrogen-bond donors (Lipinski definition) is 1.